The number of furan rings is 1. The lowest BCUT2D eigenvalue weighted by Crippen LogP contribution is -2.68. The van der Waals surface area contributed by atoms with Gasteiger partial charge in [0.2, 0.25) is 0 Å². The van der Waals surface area contributed by atoms with Crippen molar-refractivity contribution in [1.29, 1.82) is 0 Å². The van der Waals surface area contributed by atoms with E-state index in [1.54, 1.807) is 0 Å². The summed E-state index contributed by atoms with van der Waals surface area (Å²) in [5.41, 5.74) is 19.5. The lowest BCUT2D eigenvalue weighted by molar-refractivity contribution is 0.332. The van der Waals surface area contributed by atoms with Gasteiger partial charge in [0.25, 0.3) is 0 Å². The van der Waals surface area contributed by atoms with Gasteiger partial charge in [-0.25, -0.2) is 0 Å². The van der Waals surface area contributed by atoms with Crippen molar-refractivity contribution in [3.63, 3.8) is 0 Å². The summed E-state index contributed by atoms with van der Waals surface area (Å²) in [6.45, 7) is 19.4. The lowest BCUT2D eigenvalue weighted by atomic mass is 9.43. The Morgan fingerprint density at radius 2 is 1.36 bits per heavy atom. The smallest absolute Gasteiger partial charge is 0.333 e. The maximum Gasteiger partial charge on any atom is 0.333 e. The van der Waals surface area contributed by atoms with Crippen LogP contribution >= 0.6 is 0 Å². The van der Waals surface area contributed by atoms with Crippen LogP contribution in [0.1, 0.15) is 62.8 Å². The molecule has 0 unspecified atom stereocenters. The van der Waals surface area contributed by atoms with E-state index in [-0.39, 0.29) is 17.7 Å². The van der Waals surface area contributed by atoms with E-state index in [1.807, 2.05) is 0 Å². The Hall–Kier alpha value is -5.00. The van der Waals surface area contributed by atoms with Crippen molar-refractivity contribution >= 4 is 86.6 Å². The molecule has 1 aromatic heterocycles. The number of hydrogen-bond donors (Lipinski definition) is 0. The molecular weight excluding hydrogens is 659 g/mol. The number of rotatable bonds is 1. The average molecular weight is 705 g/mol. The molecule has 7 aromatic rings. The van der Waals surface area contributed by atoms with E-state index in [0.29, 0.717) is 0 Å². The van der Waals surface area contributed by atoms with Crippen LogP contribution in [-0.4, -0.2) is 14.9 Å². The number of para-hydroxylation sites is 3. The third-order valence-electron chi connectivity index (χ3n) is 13.6. The summed E-state index contributed by atoms with van der Waals surface area (Å²) in [7, 11) is -2.00. The first kappa shape index (κ1) is 31.5. The van der Waals surface area contributed by atoms with E-state index in [9.17, 15) is 0 Å². The fourth-order valence-corrected chi connectivity index (χ4v) is 13.7. The molecule has 3 nitrogen and oxygen atoms in total. The van der Waals surface area contributed by atoms with Crippen LogP contribution in [-0.2, 0) is 10.8 Å². The van der Waals surface area contributed by atoms with Crippen molar-refractivity contribution in [1.82, 2.24) is 0 Å². The van der Waals surface area contributed by atoms with Crippen molar-refractivity contribution in [3.05, 3.63) is 125 Å². The van der Waals surface area contributed by atoms with Crippen LogP contribution in [0.25, 0.3) is 33.1 Å². The number of aryl methyl sites for hydroxylation is 2. The van der Waals surface area contributed by atoms with E-state index < -0.39 is 8.07 Å². The summed E-state index contributed by atoms with van der Waals surface area (Å²) < 4.78 is 7.04. The zero-order chi connectivity index (χ0) is 36.3. The van der Waals surface area contributed by atoms with Crippen molar-refractivity contribution in [2.45, 2.75) is 78.3 Å². The maximum absolute atomic E-state index is 7.04. The first-order valence-electron chi connectivity index (χ1n) is 19.4. The molecule has 53 heavy (non-hydrogen) atoms. The molecule has 0 atom stereocenters. The number of fused-ring (bicyclic) bond motifs is 11. The molecule has 11 rings (SSSR count). The van der Waals surface area contributed by atoms with Crippen LogP contribution in [0.15, 0.2) is 108 Å². The molecule has 1 aliphatic carbocycles. The second kappa shape index (κ2) is 10.1. The molecule has 260 valence electrons. The molecule has 5 heteroatoms. The van der Waals surface area contributed by atoms with E-state index in [4.69, 9.17) is 4.42 Å². The molecule has 0 spiro atoms. The van der Waals surface area contributed by atoms with Gasteiger partial charge in [-0.1, -0.05) is 120 Å². The van der Waals surface area contributed by atoms with Crippen molar-refractivity contribution in [3.8, 4) is 11.1 Å². The highest BCUT2D eigenvalue weighted by Gasteiger charge is 2.51. The molecule has 6 aromatic carbocycles. The Kier molecular flexibility index (Phi) is 6.04. The summed E-state index contributed by atoms with van der Waals surface area (Å²) in [6, 6.07) is 39.7. The highest BCUT2D eigenvalue weighted by molar-refractivity contribution is 7.05. The number of benzene rings is 6. The average Bonchev–Trinajstić information content (AvgIpc) is 3.52. The molecule has 4 aliphatic rings. The van der Waals surface area contributed by atoms with Gasteiger partial charge in [-0.05, 0) is 111 Å². The van der Waals surface area contributed by atoms with Crippen molar-refractivity contribution < 1.29 is 4.42 Å². The first-order chi connectivity index (χ1) is 25.4. The Bertz CT molecular complexity index is 2770. The van der Waals surface area contributed by atoms with Crippen LogP contribution in [0.3, 0.4) is 0 Å². The minimum Gasteiger partial charge on any atom is -0.454 e. The summed E-state index contributed by atoms with van der Waals surface area (Å²) in [5, 5.41) is 5.36. The fraction of sp³-hybridized carbons (Fsp3) is 0.250. The normalized spacial score (nSPS) is 18.0. The Morgan fingerprint density at radius 1 is 0.642 bits per heavy atom. The van der Waals surface area contributed by atoms with E-state index >= 15 is 0 Å². The van der Waals surface area contributed by atoms with Gasteiger partial charge < -0.3 is 14.1 Å². The van der Waals surface area contributed by atoms with Gasteiger partial charge >= 0.3 is 6.85 Å². The van der Waals surface area contributed by atoms with Gasteiger partial charge in [0.1, 0.15) is 13.7 Å². The molecule has 4 heterocycles. The van der Waals surface area contributed by atoms with Gasteiger partial charge in [-0.3, -0.25) is 0 Å². The molecule has 0 N–H and O–H groups in total. The minimum atomic E-state index is -2.00. The summed E-state index contributed by atoms with van der Waals surface area (Å²) in [4.78, 5) is 5.33. The predicted molar refractivity (Wildman–Crippen MR) is 229 cm³/mol. The first-order valence-corrected chi connectivity index (χ1v) is 22.4. The fourth-order valence-electron chi connectivity index (χ4n) is 10.7. The van der Waals surface area contributed by atoms with E-state index in [1.165, 1.54) is 107 Å². The van der Waals surface area contributed by atoms with E-state index in [2.05, 4.69) is 167 Å². The Balaban J connectivity index is 1.31. The predicted octanol–water partition coefficient (Wildman–Crippen LogP) is 10.4. The summed E-state index contributed by atoms with van der Waals surface area (Å²) in [5.74, 6) is 0. The van der Waals surface area contributed by atoms with Crippen LogP contribution in [0.4, 0.5) is 28.4 Å². The van der Waals surface area contributed by atoms with Gasteiger partial charge in [-0.2, -0.15) is 0 Å². The SMILES string of the molecule is Cc1cc2c3c(c1)N(c1cc4c(cc1C)C(C)(C)CCC4(C)C)c1c(ccc4c1oc1ccccc14)B3N1c3ccccc3[Si](C)(C)c3cccc-2c31. The van der Waals surface area contributed by atoms with Gasteiger partial charge in [0, 0.05) is 39.1 Å². The standard InChI is InChI=1S/C48H45BN2OSi/c1-28-24-33-31-15-13-19-42-44(31)51(37-16-10-12-18-41(37)53(42,7)8)49-36-21-20-32-30-14-9-11-17-40(30)52-46(32)45(36)50(39(25-28)43(33)49)38-27-35-34(26-29(38)2)47(3,4)22-23-48(35,5)6/h9-21,24-27H,22-23H2,1-8H3. The monoisotopic (exact) mass is 704 g/mol. The topological polar surface area (TPSA) is 19.6 Å². The molecule has 0 fully saturated rings. The van der Waals surface area contributed by atoms with Gasteiger partial charge in [-0.15, -0.1) is 0 Å². The van der Waals surface area contributed by atoms with Gasteiger partial charge in [0.15, 0.2) is 5.58 Å². The zero-order valence-electron chi connectivity index (χ0n) is 32.1. The molecule has 0 amide bonds. The minimum absolute atomic E-state index is 0.0160. The Labute approximate surface area is 314 Å². The van der Waals surface area contributed by atoms with Crippen LogP contribution in [0.5, 0.6) is 0 Å². The van der Waals surface area contributed by atoms with Crippen LogP contribution < -0.4 is 31.0 Å². The zero-order valence-corrected chi connectivity index (χ0v) is 33.1. The largest absolute Gasteiger partial charge is 0.454 e. The van der Waals surface area contributed by atoms with E-state index in [0.717, 1.165) is 11.2 Å². The second-order valence-corrected chi connectivity index (χ2v) is 22.5. The van der Waals surface area contributed by atoms with Crippen molar-refractivity contribution in [2.75, 3.05) is 9.71 Å². The highest BCUT2D eigenvalue weighted by Crippen LogP contribution is 2.53. The molecule has 0 radical (unpaired) electrons. The van der Waals surface area contributed by atoms with Crippen LogP contribution in [0, 0.1) is 13.8 Å². The number of hydrogen-bond acceptors (Lipinski definition) is 3. The number of nitrogens with zero attached hydrogens (tertiary/aromatic N) is 2. The summed E-state index contributed by atoms with van der Waals surface area (Å²) in [6.07, 6.45) is 2.37. The summed E-state index contributed by atoms with van der Waals surface area (Å²) >= 11 is 0. The van der Waals surface area contributed by atoms with Gasteiger partial charge in [0.05, 0.1) is 5.69 Å². The highest BCUT2D eigenvalue weighted by atomic mass is 28.3. The third-order valence-corrected chi connectivity index (χ3v) is 17.2. The van der Waals surface area contributed by atoms with Crippen LogP contribution in [0.2, 0.25) is 13.1 Å². The number of anilines is 5. The molecule has 0 saturated heterocycles. The maximum atomic E-state index is 7.04. The Morgan fingerprint density at radius 3 is 2.17 bits per heavy atom. The second-order valence-electron chi connectivity index (χ2n) is 18.1. The quantitative estimate of drug-likeness (QED) is 0.159. The molecule has 0 bridgehead atoms. The third kappa shape index (κ3) is 3.96. The molecule has 0 saturated carbocycles. The lowest BCUT2D eigenvalue weighted by Gasteiger charge is -2.51. The van der Waals surface area contributed by atoms with Crippen molar-refractivity contribution in [2.24, 2.45) is 0 Å². The molecule has 3 aliphatic heterocycles. The molecular formula is C48H45BN2OSi.